The summed E-state index contributed by atoms with van der Waals surface area (Å²) in [6.45, 7) is 1.45. The molecule has 36 heavy (non-hydrogen) atoms. The molecule has 2 saturated heterocycles. The van der Waals surface area contributed by atoms with E-state index in [9.17, 15) is 9.59 Å². The number of nitrogens with zero attached hydrogens (tertiary/aromatic N) is 5. The van der Waals surface area contributed by atoms with Crippen LogP contribution in [0.5, 0.6) is 0 Å². The number of piperidine rings is 1. The van der Waals surface area contributed by atoms with Crippen LogP contribution in [0.2, 0.25) is 0 Å². The Morgan fingerprint density at radius 3 is 2.17 bits per heavy atom. The zero-order valence-electron chi connectivity index (χ0n) is 19.7. The minimum absolute atomic E-state index is 0.0341. The Kier molecular flexibility index (Phi) is 5.48. The van der Waals surface area contributed by atoms with Gasteiger partial charge in [0.2, 0.25) is 5.91 Å². The van der Waals surface area contributed by atoms with Crippen molar-refractivity contribution in [2.24, 2.45) is 0 Å². The van der Waals surface area contributed by atoms with Gasteiger partial charge in [0, 0.05) is 36.7 Å². The maximum Gasteiger partial charge on any atom is 0.274 e. The Hall–Kier alpha value is -4.46. The van der Waals surface area contributed by atoms with E-state index in [4.69, 9.17) is 5.10 Å². The summed E-state index contributed by atoms with van der Waals surface area (Å²) in [6, 6.07) is 25.4. The van der Waals surface area contributed by atoms with Crippen LogP contribution < -0.4 is 10.2 Å². The standard InChI is InChI=1S/C28H26N6O2/c35-26(24-19-25(21-11-15-29-16-12-21)34(31-24)23-9-5-2-6-10-23)32-17-13-28(14-18-32)27(36)30-20-33(28)22-7-3-1-4-8-22/h1-12,15-16,19H,13-14,17-18,20H2,(H,30,36). The third kappa shape index (κ3) is 3.71. The van der Waals surface area contributed by atoms with Crippen molar-refractivity contribution in [2.75, 3.05) is 24.7 Å². The maximum atomic E-state index is 13.6. The van der Waals surface area contributed by atoms with Crippen LogP contribution in [-0.4, -0.2) is 56.8 Å². The number of hydrogen-bond donors (Lipinski definition) is 1. The fraction of sp³-hybridized carbons (Fsp3) is 0.214. The van der Waals surface area contributed by atoms with Crippen LogP contribution in [-0.2, 0) is 4.79 Å². The number of carbonyl (C=O) groups is 2. The molecule has 0 aliphatic carbocycles. The van der Waals surface area contributed by atoms with E-state index in [1.807, 2.05) is 83.8 Å². The molecule has 8 heteroatoms. The number of anilines is 1. The van der Waals surface area contributed by atoms with E-state index in [2.05, 4.69) is 15.2 Å². The molecule has 4 heterocycles. The van der Waals surface area contributed by atoms with Crippen molar-refractivity contribution in [3.8, 4) is 16.9 Å². The summed E-state index contributed by atoms with van der Waals surface area (Å²) in [6.07, 6.45) is 4.59. The molecular formula is C28H26N6O2. The number of amides is 2. The number of hydrogen-bond acceptors (Lipinski definition) is 5. The topological polar surface area (TPSA) is 83.4 Å². The fourth-order valence-corrected chi connectivity index (χ4v) is 5.25. The van der Waals surface area contributed by atoms with E-state index >= 15 is 0 Å². The number of para-hydroxylation sites is 2. The number of rotatable bonds is 4. The molecule has 2 aliphatic rings. The highest BCUT2D eigenvalue weighted by atomic mass is 16.2. The van der Waals surface area contributed by atoms with Crippen LogP contribution in [0.25, 0.3) is 16.9 Å². The Labute approximate surface area is 209 Å². The van der Waals surface area contributed by atoms with Gasteiger partial charge in [-0.25, -0.2) is 4.68 Å². The summed E-state index contributed by atoms with van der Waals surface area (Å²) in [5.41, 5.74) is 3.40. The summed E-state index contributed by atoms with van der Waals surface area (Å²) in [5.74, 6) is -0.0914. The Balaban J connectivity index is 1.27. The number of carbonyl (C=O) groups excluding carboxylic acids is 2. The van der Waals surface area contributed by atoms with E-state index in [0.29, 0.717) is 38.3 Å². The first-order valence-corrected chi connectivity index (χ1v) is 12.1. The van der Waals surface area contributed by atoms with E-state index in [-0.39, 0.29) is 11.8 Å². The molecule has 2 fully saturated rings. The number of likely N-dealkylation sites (tertiary alicyclic amines) is 1. The highest BCUT2D eigenvalue weighted by Crippen LogP contribution is 2.36. The predicted octanol–water partition coefficient (Wildman–Crippen LogP) is 3.50. The molecular weight excluding hydrogens is 452 g/mol. The molecule has 6 rings (SSSR count). The second kappa shape index (κ2) is 8.96. The minimum atomic E-state index is -0.635. The lowest BCUT2D eigenvalue weighted by molar-refractivity contribution is -0.124. The van der Waals surface area contributed by atoms with Gasteiger partial charge in [-0.3, -0.25) is 14.6 Å². The van der Waals surface area contributed by atoms with Gasteiger partial charge in [0.25, 0.3) is 5.91 Å². The molecule has 180 valence electrons. The molecule has 4 aromatic rings. The summed E-state index contributed by atoms with van der Waals surface area (Å²) in [5, 5.41) is 7.73. The van der Waals surface area contributed by atoms with E-state index in [0.717, 1.165) is 22.6 Å². The van der Waals surface area contributed by atoms with E-state index < -0.39 is 5.54 Å². The van der Waals surface area contributed by atoms with Gasteiger partial charge < -0.3 is 15.1 Å². The van der Waals surface area contributed by atoms with Crippen LogP contribution >= 0.6 is 0 Å². The highest BCUT2D eigenvalue weighted by molar-refractivity contribution is 5.96. The largest absolute Gasteiger partial charge is 0.339 e. The zero-order valence-corrected chi connectivity index (χ0v) is 19.7. The Morgan fingerprint density at radius 2 is 1.50 bits per heavy atom. The fourth-order valence-electron chi connectivity index (χ4n) is 5.25. The molecule has 1 spiro atoms. The first-order chi connectivity index (χ1) is 17.7. The number of pyridine rings is 1. The maximum absolute atomic E-state index is 13.6. The smallest absolute Gasteiger partial charge is 0.274 e. The highest BCUT2D eigenvalue weighted by Gasteiger charge is 2.51. The van der Waals surface area contributed by atoms with Gasteiger partial charge >= 0.3 is 0 Å². The van der Waals surface area contributed by atoms with Crippen molar-refractivity contribution in [1.82, 2.24) is 25.0 Å². The predicted molar refractivity (Wildman–Crippen MR) is 137 cm³/mol. The summed E-state index contributed by atoms with van der Waals surface area (Å²) in [7, 11) is 0. The molecule has 2 aromatic heterocycles. The summed E-state index contributed by atoms with van der Waals surface area (Å²) in [4.78, 5) is 34.6. The quantitative estimate of drug-likeness (QED) is 0.485. The molecule has 0 saturated carbocycles. The Bertz CT molecular complexity index is 1320. The Morgan fingerprint density at radius 1 is 0.861 bits per heavy atom. The van der Waals surface area contributed by atoms with Gasteiger partial charge in [0.15, 0.2) is 5.69 Å². The minimum Gasteiger partial charge on any atom is -0.339 e. The molecule has 8 nitrogen and oxygen atoms in total. The first-order valence-electron chi connectivity index (χ1n) is 12.1. The average molecular weight is 479 g/mol. The summed E-state index contributed by atoms with van der Waals surface area (Å²) >= 11 is 0. The van der Waals surface area contributed by atoms with Crippen molar-refractivity contribution >= 4 is 17.5 Å². The normalized spacial score (nSPS) is 16.8. The zero-order chi connectivity index (χ0) is 24.5. The van der Waals surface area contributed by atoms with Crippen LogP contribution in [0, 0.1) is 0 Å². The van der Waals surface area contributed by atoms with Crippen LogP contribution in [0.1, 0.15) is 23.3 Å². The van der Waals surface area contributed by atoms with Crippen molar-refractivity contribution in [1.29, 1.82) is 0 Å². The summed E-state index contributed by atoms with van der Waals surface area (Å²) < 4.78 is 1.80. The molecule has 2 aromatic carbocycles. The van der Waals surface area contributed by atoms with Crippen LogP contribution in [0.4, 0.5) is 5.69 Å². The number of aromatic nitrogens is 3. The molecule has 0 radical (unpaired) electrons. The third-order valence-corrected chi connectivity index (χ3v) is 7.19. The molecule has 2 amide bonds. The van der Waals surface area contributed by atoms with Crippen LogP contribution in [0.3, 0.4) is 0 Å². The first kappa shape index (κ1) is 22.0. The van der Waals surface area contributed by atoms with E-state index in [1.165, 1.54) is 0 Å². The van der Waals surface area contributed by atoms with Crippen molar-refractivity contribution in [3.05, 3.63) is 97.0 Å². The van der Waals surface area contributed by atoms with Gasteiger partial charge in [-0.05, 0) is 55.3 Å². The molecule has 0 bridgehead atoms. The average Bonchev–Trinajstić information content (AvgIpc) is 3.52. The lowest BCUT2D eigenvalue weighted by Crippen LogP contribution is -2.57. The van der Waals surface area contributed by atoms with Gasteiger partial charge in [-0.2, -0.15) is 5.10 Å². The van der Waals surface area contributed by atoms with Gasteiger partial charge in [0.05, 0.1) is 18.1 Å². The molecule has 0 atom stereocenters. The van der Waals surface area contributed by atoms with Gasteiger partial charge in [0.1, 0.15) is 5.54 Å². The van der Waals surface area contributed by atoms with Gasteiger partial charge in [-0.15, -0.1) is 0 Å². The second-order valence-corrected chi connectivity index (χ2v) is 9.15. The SMILES string of the molecule is O=C(c1cc(-c2ccncc2)n(-c2ccccc2)n1)N1CCC2(CC1)C(=O)NCN2c1ccccc1. The lowest BCUT2D eigenvalue weighted by atomic mass is 9.85. The van der Waals surface area contributed by atoms with Gasteiger partial charge in [-0.1, -0.05) is 36.4 Å². The van der Waals surface area contributed by atoms with Crippen LogP contribution in [0.15, 0.2) is 91.3 Å². The molecule has 1 N–H and O–H groups in total. The third-order valence-electron chi connectivity index (χ3n) is 7.19. The monoisotopic (exact) mass is 478 g/mol. The molecule has 0 unspecified atom stereocenters. The van der Waals surface area contributed by atoms with Crippen molar-refractivity contribution in [3.63, 3.8) is 0 Å². The number of nitrogens with one attached hydrogen (secondary N) is 1. The number of benzene rings is 2. The van der Waals surface area contributed by atoms with E-state index in [1.54, 1.807) is 17.1 Å². The lowest BCUT2D eigenvalue weighted by Gasteiger charge is -2.43. The second-order valence-electron chi connectivity index (χ2n) is 9.15. The molecule has 2 aliphatic heterocycles. The van der Waals surface area contributed by atoms with Crippen molar-refractivity contribution < 1.29 is 9.59 Å². The van der Waals surface area contributed by atoms with Crippen molar-refractivity contribution in [2.45, 2.75) is 18.4 Å².